The minimum Gasteiger partial charge on any atom is -0.497 e. The van der Waals surface area contributed by atoms with Gasteiger partial charge in [-0.05, 0) is 75.3 Å². The van der Waals surface area contributed by atoms with Gasteiger partial charge < -0.3 is 23.5 Å². The van der Waals surface area contributed by atoms with Crippen LogP contribution in [0.2, 0.25) is 0 Å². The summed E-state index contributed by atoms with van der Waals surface area (Å²) in [5, 5.41) is 0. The first kappa shape index (κ1) is 36.4. The predicted octanol–water partition coefficient (Wildman–Crippen LogP) is 6.24. The third-order valence-electron chi connectivity index (χ3n) is 8.69. The molecule has 1 N–H and O–H groups in total. The zero-order valence-electron chi connectivity index (χ0n) is 28.9. The van der Waals surface area contributed by atoms with Crippen molar-refractivity contribution in [2.45, 2.75) is 70.0 Å². The van der Waals surface area contributed by atoms with E-state index in [9.17, 15) is 9.59 Å². The maximum Gasteiger partial charge on any atom is 0.330 e. The van der Waals surface area contributed by atoms with Crippen molar-refractivity contribution in [1.82, 2.24) is 14.2 Å². The molecule has 262 valence electrons. The van der Waals surface area contributed by atoms with Crippen molar-refractivity contribution < 1.29 is 27.9 Å². The minimum atomic E-state index is -1.75. The van der Waals surface area contributed by atoms with E-state index in [1.807, 2.05) is 85.5 Å². The summed E-state index contributed by atoms with van der Waals surface area (Å²) in [6.07, 6.45) is -3.91. The van der Waals surface area contributed by atoms with Gasteiger partial charge in [0.15, 0.2) is 12.4 Å². The fraction of sp³-hybridized carbons (Fsp3) is 0.405. The second-order valence-corrected chi connectivity index (χ2v) is 14.0. The maximum atomic E-state index is 16.7. The SMILES string of the molecule is COc1ccc(C(OC[C@H]2O[C@@H](n3ccc(=O)[nH]c3=O)C(F)[C@H]2OP(C)N(C(C)C)C(C)C)(c2ccccc2)c2ccc(OC)cc2)cc1. The van der Waals surface area contributed by atoms with Crippen LogP contribution >= 0.6 is 8.30 Å². The van der Waals surface area contributed by atoms with Gasteiger partial charge in [-0.3, -0.25) is 19.0 Å². The monoisotopic (exact) mass is 693 g/mol. The Balaban J connectivity index is 1.60. The normalized spacial score (nSPS) is 20.2. The molecule has 0 radical (unpaired) electrons. The Kier molecular flexibility index (Phi) is 11.7. The van der Waals surface area contributed by atoms with Crippen molar-refractivity contribution in [2.24, 2.45) is 0 Å². The molecular weight excluding hydrogens is 648 g/mol. The molecule has 0 spiro atoms. The molecule has 0 amide bonds. The van der Waals surface area contributed by atoms with Gasteiger partial charge in [0.2, 0.25) is 0 Å². The van der Waals surface area contributed by atoms with Crippen LogP contribution < -0.4 is 20.7 Å². The molecule has 1 fully saturated rings. The van der Waals surface area contributed by atoms with Crippen molar-refractivity contribution in [3.63, 3.8) is 0 Å². The average molecular weight is 694 g/mol. The van der Waals surface area contributed by atoms with Crippen LogP contribution in [-0.4, -0.2) is 72.2 Å². The van der Waals surface area contributed by atoms with Crippen molar-refractivity contribution in [1.29, 1.82) is 0 Å². The number of ether oxygens (including phenoxy) is 4. The summed E-state index contributed by atoms with van der Waals surface area (Å²) < 4.78 is 50.8. The van der Waals surface area contributed by atoms with Crippen molar-refractivity contribution in [3.8, 4) is 11.5 Å². The van der Waals surface area contributed by atoms with E-state index in [0.29, 0.717) is 11.5 Å². The van der Waals surface area contributed by atoms with Crippen LogP contribution in [0.5, 0.6) is 11.5 Å². The quantitative estimate of drug-likeness (QED) is 0.122. The van der Waals surface area contributed by atoms with E-state index in [0.717, 1.165) is 27.3 Å². The van der Waals surface area contributed by atoms with E-state index >= 15 is 4.39 Å². The van der Waals surface area contributed by atoms with Gasteiger partial charge in [-0.2, -0.15) is 0 Å². The number of hydrogen-bond donors (Lipinski definition) is 1. The molecule has 10 nitrogen and oxygen atoms in total. The van der Waals surface area contributed by atoms with Crippen LogP contribution in [0.4, 0.5) is 4.39 Å². The van der Waals surface area contributed by atoms with Crippen LogP contribution in [0.1, 0.15) is 50.6 Å². The summed E-state index contributed by atoms with van der Waals surface area (Å²) in [6.45, 7) is 10.1. The van der Waals surface area contributed by atoms with E-state index in [-0.39, 0.29) is 18.7 Å². The summed E-state index contributed by atoms with van der Waals surface area (Å²) in [4.78, 5) is 26.9. The number of rotatable bonds is 14. The fourth-order valence-corrected chi connectivity index (χ4v) is 8.58. The zero-order chi connectivity index (χ0) is 35.3. The first-order valence-electron chi connectivity index (χ1n) is 16.3. The molecule has 49 heavy (non-hydrogen) atoms. The van der Waals surface area contributed by atoms with Gasteiger partial charge in [0.25, 0.3) is 5.56 Å². The Hall–Kier alpha value is -3.86. The fourth-order valence-electron chi connectivity index (χ4n) is 6.56. The molecular formula is C37H45FN3O7P. The van der Waals surface area contributed by atoms with Crippen molar-refractivity contribution in [2.75, 3.05) is 27.5 Å². The average Bonchev–Trinajstić information content (AvgIpc) is 3.39. The Morgan fingerprint density at radius 1 is 0.857 bits per heavy atom. The highest BCUT2D eigenvalue weighted by molar-refractivity contribution is 7.49. The summed E-state index contributed by atoms with van der Waals surface area (Å²) in [6, 6.07) is 26.4. The molecule has 2 heterocycles. The molecule has 1 aliphatic heterocycles. The van der Waals surface area contributed by atoms with Crippen LogP contribution in [0.25, 0.3) is 0 Å². The standard InChI is InChI=1S/C37H45FN3O7P/c1-24(2)41(25(3)4)49(7)48-34-31(47-35(33(34)38)40-22-21-32(42)39-36(40)43)23-46-37(26-11-9-8-10-12-26,27-13-17-29(44-5)18-14-27)28-15-19-30(45-6)20-16-28/h8-22,24-25,31,33-35H,23H2,1-7H3,(H,39,42,43)/t31-,33?,34+,35-,49?/m1/s1. The van der Waals surface area contributed by atoms with Gasteiger partial charge in [0.1, 0.15) is 37.6 Å². The first-order chi connectivity index (χ1) is 23.5. The zero-order valence-corrected chi connectivity index (χ0v) is 29.8. The second-order valence-electron chi connectivity index (χ2n) is 12.4. The summed E-state index contributed by atoms with van der Waals surface area (Å²) in [5.41, 5.74) is -0.126. The number of aromatic amines is 1. The molecule has 3 aromatic carbocycles. The molecule has 0 bridgehead atoms. The van der Waals surface area contributed by atoms with E-state index in [1.54, 1.807) is 14.2 Å². The Labute approximate surface area is 287 Å². The molecule has 0 aliphatic carbocycles. The number of hydrogen-bond acceptors (Lipinski definition) is 8. The van der Waals surface area contributed by atoms with E-state index in [1.165, 1.54) is 6.20 Å². The highest BCUT2D eigenvalue weighted by Crippen LogP contribution is 2.48. The van der Waals surface area contributed by atoms with Crippen LogP contribution in [0.3, 0.4) is 0 Å². The number of H-pyrrole nitrogens is 1. The largest absolute Gasteiger partial charge is 0.497 e. The maximum absolute atomic E-state index is 16.7. The lowest BCUT2D eigenvalue weighted by atomic mass is 9.80. The van der Waals surface area contributed by atoms with E-state index in [2.05, 4.69) is 37.3 Å². The van der Waals surface area contributed by atoms with Gasteiger partial charge >= 0.3 is 5.69 Å². The number of halogens is 1. The van der Waals surface area contributed by atoms with Crippen LogP contribution in [0, 0.1) is 0 Å². The van der Waals surface area contributed by atoms with Gasteiger partial charge in [0, 0.05) is 24.3 Å². The molecule has 1 aromatic heterocycles. The van der Waals surface area contributed by atoms with E-state index < -0.39 is 49.8 Å². The Bertz CT molecular complexity index is 1710. The molecule has 1 aliphatic rings. The highest BCUT2D eigenvalue weighted by atomic mass is 31.2. The second kappa shape index (κ2) is 15.8. The first-order valence-corrected chi connectivity index (χ1v) is 17.9. The molecule has 5 atom stereocenters. The van der Waals surface area contributed by atoms with Gasteiger partial charge in [-0.1, -0.05) is 54.6 Å². The number of methoxy groups -OCH3 is 2. The minimum absolute atomic E-state index is 0.112. The third-order valence-corrected chi connectivity index (χ3v) is 10.8. The van der Waals surface area contributed by atoms with Gasteiger partial charge in [0.05, 0.1) is 20.8 Å². The third kappa shape index (κ3) is 7.66. The predicted molar refractivity (Wildman–Crippen MR) is 188 cm³/mol. The summed E-state index contributed by atoms with van der Waals surface area (Å²) >= 11 is 0. The molecule has 1 saturated heterocycles. The lowest BCUT2D eigenvalue weighted by Crippen LogP contribution is -2.41. The lowest BCUT2D eigenvalue weighted by Gasteiger charge is -2.39. The Morgan fingerprint density at radius 2 is 1.39 bits per heavy atom. The number of nitrogens with zero attached hydrogens (tertiary/aromatic N) is 2. The molecule has 4 aromatic rings. The number of nitrogens with one attached hydrogen (secondary N) is 1. The van der Waals surface area contributed by atoms with Crippen LogP contribution in [-0.2, 0) is 19.6 Å². The highest BCUT2D eigenvalue weighted by Gasteiger charge is 2.50. The van der Waals surface area contributed by atoms with Gasteiger partial charge in [-0.25, -0.2) is 9.18 Å². The van der Waals surface area contributed by atoms with Crippen molar-refractivity contribution in [3.05, 3.63) is 129 Å². The lowest BCUT2D eigenvalue weighted by molar-refractivity contribution is -0.0925. The van der Waals surface area contributed by atoms with Gasteiger partial charge in [-0.15, -0.1) is 0 Å². The van der Waals surface area contributed by atoms with Crippen LogP contribution in [0.15, 0.2) is 101 Å². The number of aromatic nitrogens is 2. The smallest absolute Gasteiger partial charge is 0.330 e. The molecule has 12 heteroatoms. The number of alkyl halides is 1. The Morgan fingerprint density at radius 3 is 1.88 bits per heavy atom. The molecule has 2 unspecified atom stereocenters. The summed E-state index contributed by atoms with van der Waals surface area (Å²) in [5.74, 6) is 1.36. The van der Waals surface area contributed by atoms with Crippen molar-refractivity contribution >= 4 is 8.30 Å². The topological polar surface area (TPSA) is 104 Å². The number of benzene rings is 3. The van der Waals surface area contributed by atoms with E-state index in [4.69, 9.17) is 23.5 Å². The summed E-state index contributed by atoms with van der Waals surface area (Å²) in [7, 11) is 1.93. The molecule has 0 saturated carbocycles. The molecule has 5 rings (SSSR count).